The van der Waals surface area contributed by atoms with Gasteiger partial charge in [-0.2, -0.15) is 10.1 Å². The van der Waals surface area contributed by atoms with Gasteiger partial charge in [0.1, 0.15) is 5.75 Å². The van der Waals surface area contributed by atoms with Crippen molar-refractivity contribution in [2.24, 2.45) is 5.92 Å². The van der Waals surface area contributed by atoms with Crippen molar-refractivity contribution in [2.75, 3.05) is 30.4 Å². The molecule has 1 N–H and O–H groups in total. The summed E-state index contributed by atoms with van der Waals surface area (Å²) in [6, 6.07) is 15.9. The highest BCUT2D eigenvalue weighted by Crippen LogP contribution is 2.35. The summed E-state index contributed by atoms with van der Waals surface area (Å²) >= 11 is 1.65. The molecule has 0 aliphatic carbocycles. The average Bonchev–Trinajstić information content (AvgIpc) is 3.45. The SMILES string of the molecule is CCc1ccccc1NC(=O)[C@H]1CCCN(c2nc3c(s2)c(C)nn3-c2ccc(OC)cc2)C1. The average molecular weight is 476 g/mol. The van der Waals surface area contributed by atoms with Crippen molar-refractivity contribution >= 4 is 38.4 Å². The Balaban J connectivity index is 1.36. The van der Waals surface area contributed by atoms with Crippen LogP contribution in [0.5, 0.6) is 5.75 Å². The van der Waals surface area contributed by atoms with Crippen molar-refractivity contribution in [3.8, 4) is 11.4 Å². The number of carbonyl (C=O) groups is 1. The summed E-state index contributed by atoms with van der Waals surface area (Å²) in [5.41, 5.74) is 4.83. The molecule has 2 aromatic heterocycles. The van der Waals surface area contributed by atoms with Gasteiger partial charge < -0.3 is 15.0 Å². The van der Waals surface area contributed by atoms with Crippen LogP contribution in [0.1, 0.15) is 31.0 Å². The van der Waals surface area contributed by atoms with Gasteiger partial charge in [0.25, 0.3) is 0 Å². The Morgan fingerprint density at radius 1 is 1.21 bits per heavy atom. The molecule has 1 aliphatic heterocycles. The van der Waals surface area contributed by atoms with E-state index in [9.17, 15) is 4.79 Å². The third-order valence-corrected chi connectivity index (χ3v) is 7.63. The summed E-state index contributed by atoms with van der Waals surface area (Å²) in [4.78, 5) is 20.3. The maximum Gasteiger partial charge on any atom is 0.229 e. The largest absolute Gasteiger partial charge is 0.497 e. The number of amides is 1. The van der Waals surface area contributed by atoms with Crippen LogP contribution in [0.2, 0.25) is 0 Å². The Morgan fingerprint density at radius 2 is 2.00 bits per heavy atom. The number of nitrogens with zero attached hydrogens (tertiary/aromatic N) is 4. The molecule has 2 aromatic carbocycles. The molecular formula is C26H29N5O2S. The second kappa shape index (κ2) is 9.46. The van der Waals surface area contributed by atoms with Gasteiger partial charge in [0.2, 0.25) is 5.91 Å². The summed E-state index contributed by atoms with van der Waals surface area (Å²) in [5.74, 6) is 0.833. The second-order valence-electron chi connectivity index (χ2n) is 8.63. The molecule has 8 heteroatoms. The third kappa shape index (κ3) is 4.25. The predicted octanol–water partition coefficient (Wildman–Crippen LogP) is 5.22. The van der Waals surface area contributed by atoms with Gasteiger partial charge >= 0.3 is 0 Å². The lowest BCUT2D eigenvalue weighted by Crippen LogP contribution is -2.40. The van der Waals surface area contributed by atoms with E-state index in [0.717, 1.165) is 69.7 Å². The van der Waals surface area contributed by atoms with Crippen LogP contribution in [0.4, 0.5) is 10.8 Å². The standard InChI is InChI=1S/C26H29N5O2S/c1-4-18-8-5-6-10-22(18)27-25(32)19-9-7-15-30(16-19)26-28-24-23(34-26)17(2)29-31(24)20-11-13-21(33-3)14-12-20/h5-6,8,10-14,19H,4,7,9,15-16H2,1-3H3,(H,27,32)/t19-/m0/s1. The van der Waals surface area contributed by atoms with Gasteiger partial charge in [-0.3, -0.25) is 4.79 Å². The molecule has 0 bridgehead atoms. The highest BCUT2D eigenvalue weighted by atomic mass is 32.1. The van der Waals surface area contributed by atoms with E-state index < -0.39 is 0 Å². The summed E-state index contributed by atoms with van der Waals surface area (Å²) < 4.78 is 8.25. The molecule has 0 saturated carbocycles. The van der Waals surface area contributed by atoms with Gasteiger partial charge in [0.05, 0.1) is 29.1 Å². The van der Waals surface area contributed by atoms with E-state index in [1.54, 1.807) is 18.4 Å². The molecule has 176 valence electrons. The van der Waals surface area contributed by atoms with E-state index in [-0.39, 0.29) is 11.8 Å². The number of fused-ring (bicyclic) bond motifs is 1. The molecule has 3 heterocycles. The van der Waals surface area contributed by atoms with Crippen molar-refractivity contribution in [3.05, 3.63) is 59.8 Å². The van der Waals surface area contributed by atoms with Gasteiger partial charge in [0, 0.05) is 18.8 Å². The number of hydrogen-bond acceptors (Lipinski definition) is 6. The number of carbonyl (C=O) groups excluding carboxylic acids is 1. The molecule has 1 fully saturated rings. The molecule has 34 heavy (non-hydrogen) atoms. The third-order valence-electron chi connectivity index (χ3n) is 6.41. The molecule has 5 rings (SSSR count). The van der Waals surface area contributed by atoms with Gasteiger partial charge in [-0.25, -0.2) is 4.68 Å². The first kappa shape index (κ1) is 22.4. The number of piperidine rings is 1. The Kier molecular flexibility index (Phi) is 6.24. The number of nitrogens with one attached hydrogen (secondary N) is 1. The van der Waals surface area contributed by atoms with Crippen molar-refractivity contribution in [1.82, 2.24) is 14.8 Å². The minimum Gasteiger partial charge on any atom is -0.497 e. The number of ether oxygens (including phenoxy) is 1. The summed E-state index contributed by atoms with van der Waals surface area (Å²) in [7, 11) is 1.66. The number of hydrogen-bond donors (Lipinski definition) is 1. The second-order valence-corrected chi connectivity index (χ2v) is 9.61. The summed E-state index contributed by atoms with van der Waals surface area (Å²) in [6.07, 6.45) is 2.75. The number of rotatable bonds is 6. The molecule has 1 saturated heterocycles. The van der Waals surface area contributed by atoms with Crippen LogP contribution < -0.4 is 15.0 Å². The first-order chi connectivity index (χ1) is 16.6. The Labute approximate surface area is 203 Å². The van der Waals surface area contributed by atoms with E-state index in [1.165, 1.54) is 0 Å². The first-order valence-corrected chi connectivity index (χ1v) is 12.5. The predicted molar refractivity (Wildman–Crippen MR) is 137 cm³/mol. The van der Waals surface area contributed by atoms with Crippen LogP contribution in [0.15, 0.2) is 48.5 Å². The maximum absolute atomic E-state index is 13.1. The van der Waals surface area contributed by atoms with E-state index in [1.807, 2.05) is 54.1 Å². The molecule has 1 amide bonds. The van der Waals surface area contributed by atoms with Crippen molar-refractivity contribution in [2.45, 2.75) is 33.1 Å². The lowest BCUT2D eigenvalue weighted by molar-refractivity contribution is -0.120. The minimum atomic E-state index is -0.0649. The Hall–Kier alpha value is -3.39. The van der Waals surface area contributed by atoms with Crippen LogP contribution in [0.3, 0.4) is 0 Å². The van der Waals surface area contributed by atoms with Crippen LogP contribution in [0, 0.1) is 12.8 Å². The van der Waals surface area contributed by atoms with E-state index >= 15 is 0 Å². The minimum absolute atomic E-state index is 0.0649. The lowest BCUT2D eigenvalue weighted by atomic mass is 9.97. The van der Waals surface area contributed by atoms with Gasteiger partial charge in [0.15, 0.2) is 10.8 Å². The highest BCUT2D eigenvalue weighted by molar-refractivity contribution is 7.22. The van der Waals surface area contributed by atoms with E-state index in [4.69, 9.17) is 14.8 Å². The molecule has 0 radical (unpaired) electrons. The van der Waals surface area contributed by atoms with E-state index in [0.29, 0.717) is 6.54 Å². The monoisotopic (exact) mass is 475 g/mol. The zero-order valence-corrected chi connectivity index (χ0v) is 20.6. The quantitative estimate of drug-likeness (QED) is 0.414. The fraction of sp³-hybridized carbons (Fsp3) is 0.346. The lowest BCUT2D eigenvalue weighted by Gasteiger charge is -2.31. The fourth-order valence-corrected chi connectivity index (χ4v) is 5.53. The molecule has 0 unspecified atom stereocenters. The van der Waals surface area contributed by atoms with Crippen LogP contribution >= 0.6 is 11.3 Å². The highest BCUT2D eigenvalue weighted by Gasteiger charge is 2.28. The molecule has 7 nitrogen and oxygen atoms in total. The van der Waals surface area contributed by atoms with Crippen LogP contribution in [0.25, 0.3) is 16.0 Å². The number of aromatic nitrogens is 3. The van der Waals surface area contributed by atoms with Crippen LogP contribution in [-0.2, 0) is 11.2 Å². The topological polar surface area (TPSA) is 72.3 Å². The van der Waals surface area contributed by atoms with Crippen molar-refractivity contribution in [3.63, 3.8) is 0 Å². The number of para-hydroxylation sites is 1. The molecule has 4 aromatic rings. The normalized spacial score (nSPS) is 16.1. The fourth-order valence-electron chi connectivity index (χ4n) is 4.51. The number of thiazole rings is 1. The first-order valence-electron chi connectivity index (χ1n) is 11.7. The van der Waals surface area contributed by atoms with Crippen LogP contribution in [-0.4, -0.2) is 40.9 Å². The number of anilines is 2. The molecule has 1 atom stereocenters. The summed E-state index contributed by atoms with van der Waals surface area (Å²) in [6.45, 7) is 5.70. The zero-order chi connectivity index (χ0) is 23.7. The van der Waals surface area contributed by atoms with E-state index in [2.05, 4.69) is 23.2 Å². The maximum atomic E-state index is 13.1. The molecule has 0 spiro atoms. The number of methoxy groups -OCH3 is 1. The van der Waals surface area contributed by atoms with Crippen molar-refractivity contribution in [1.29, 1.82) is 0 Å². The number of aryl methyl sites for hydroxylation is 2. The van der Waals surface area contributed by atoms with Gasteiger partial charge in [-0.15, -0.1) is 0 Å². The Morgan fingerprint density at radius 3 is 2.76 bits per heavy atom. The smallest absolute Gasteiger partial charge is 0.229 e. The molecular weight excluding hydrogens is 446 g/mol. The zero-order valence-electron chi connectivity index (χ0n) is 19.7. The Bertz CT molecular complexity index is 1310. The van der Waals surface area contributed by atoms with Gasteiger partial charge in [-0.05, 0) is 62.1 Å². The number of benzene rings is 2. The van der Waals surface area contributed by atoms with Crippen molar-refractivity contribution < 1.29 is 9.53 Å². The molecule has 1 aliphatic rings. The van der Waals surface area contributed by atoms with Gasteiger partial charge in [-0.1, -0.05) is 36.5 Å². The summed E-state index contributed by atoms with van der Waals surface area (Å²) in [5, 5.41) is 8.82.